The van der Waals surface area contributed by atoms with Gasteiger partial charge in [-0.15, -0.1) is 10.2 Å². The number of hydrogen-bond acceptors (Lipinski definition) is 6. The molecule has 1 aromatic heterocycles. The molecule has 0 saturated carbocycles. The Kier molecular flexibility index (Phi) is 4.67. The topological polar surface area (TPSA) is 89.0 Å². The van der Waals surface area contributed by atoms with Crippen LogP contribution in [-0.2, 0) is 15.3 Å². The number of amides is 1. The Morgan fingerprint density at radius 3 is 2.67 bits per heavy atom. The van der Waals surface area contributed by atoms with E-state index in [0.29, 0.717) is 18.0 Å². The van der Waals surface area contributed by atoms with E-state index in [1.165, 1.54) is 11.3 Å². The number of nitrogens with zero attached hydrogens (tertiary/aromatic N) is 2. The summed E-state index contributed by atoms with van der Waals surface area (Å²) in [4.78, 5) is 12.0. The highest BCUT2D eigenvalue weighted by atomic mass is 32.2. The summed E-state index contributed by atoms with van der Waals surface area (Å²) in [5.41, 5.74) is -0.131. The predicted octanol–water partition coefficient (Wildman–Crippen LogP) is 1.39. The fraction of sp³-hybridized carbons (Fsp3) is 0.769. The summed E-state index contributed by atoms with van der Waals surface area (Å²) in [6, 6.07) is 0. The molecule has 1 amide bonds. The van der Waals surface area contributed by atoms with Crippen LogP contribution in [0.25, 0.3) is 0 Å². The molecule has 0 aromatic carbocycles. The second-order valence-corrected chi connectivity index (χ2v) is 9.70. The molecule has 0 bridgehead atoms. The highest BCUT2D eigenvalue weighted by Crippen LogP contribution is 2.25. The summed E-state index contributed by atoms with van der Waals surface area (Å²) >= 11 is 1.28. The van der Waals surface area contributed by atoms with Gasteiger partial charge in [-0.2, -0.15) is 0 Å². The molecule has 1 saturated heterocycles. The normalized spacial score (nSPS) is 22.0. The fourth-order valence-electron chi connectivity index (χ4n) is 2.21. The van der Waals surface area contributed by atoms with Crippen molar-refractivity contribution in [3.05, 3.63) is 10.0 Å². The Bertz CT molecular complexity index is 617. The zero-order valence-electron chi connectivity index (χ0n) is 12.5. The number of nitrogens with one attached hydrogen (secondary N) is 1. The summed E-state index contributed by atoms with van der Waals surface area (Å²) in [6.07, 6.45) is 1.51. The monoisotopic (exact) mass is 331 g/mol. The van der Waals surface area contributed by atoms with Gasteiger partial charge < -0.3 is 5.32 Å². The van der Waals surface area contributed by atoms with Gasteiger partial charge in [-0.05, 0) is 18.8 Å². The maximum atomic E-state index is 12.0. The third kappa shape index (κ3) is 4.47. The van der Waals surface area contributed by atoms with Gasteiger partial charge in [0.2, 0.25) is 5.01 Å². The standard InChI is InChI=1S/C13H21N3O3S2/c1-13(2,3)12-16-15-11(20-12)10(17)14-7-9-5-4-6-21(18,19)8-9/h9H,4-8H2,1-3H3,(H,14,17). The Labute approximate surface area is 129 Å². The molecule has 1 fully saturated rings. The zero-order chi connectivity index (χ0) is 15.7. The van der Waals surface area contributed by atoms with Gasteiger partial charge in [-0.1, -0.05) is 32.1 Å². The molecule has 21 heavy (non-hydrogen) atoms. The second-order valence-electron chi connectivity index (χ2n) is 6.50. The zero-order valence-corrected chi connectivity index (χ0v) is 14.2. The number of rotatable bonds is 3. The third-order valence-corrected chi connectivity index (χ3v) is 6.61. The van der Waals surface area contributed by atoms with Crippen LogP contribution in [0.2, 0.25) is 0 Å². The first-order chi connectivity index (χ1) is 9.67. The number of carbonyl (C=O) groups is 1. The number of sulfone groups is 1. The van der Waals surface area contributed by atoms with Gasteiger partial charge in [0.1, 0.15) is 5.01 Å². The smallest absolute Gasteiger partial charge is 0.282 e. The molecule has 1 unspecified atom stereocenters. The van der Waals surface area contributed by atoms with E-state index in [-0.39, 0.29) is 28.7 Å². The third-order valence-electron chi connectivity index (χ3n) is 3.37. The van der Waals surface area contributed by atoms with Crippen LogP contribution < -0.4 is 5.32 Å². The molecular formula is C13H21N3O3S2. The molecule has 2 heterocycles. The lowest BCUT2D eigenvalue weighted by Gasteiger charge is -2.21. The molecule has 1 aliphatic rings. The minimum atomic E-state index is -2.94. The molecule has 8 heteroatoms. The van der Waals surface area contributed by atoms with E-state index in [2.05, 4.69) is 15.5 Å². The lowest BCUT2D eigenvalue weighted by Crippen LogP contribution is -2.35. The molecular weight excluding hydrogens is 310 g/mol. The predicted molar refractivity (Wildman–Crippen MR) is 82.3 cm³/mol. The molecule has 1 atom stereocenters. The first-order valence-electron chi connectivity index (χ1n) is 7.00. The number of aromatic nitrogens is 2. The summed E-state index contributed by atoms with van der Waals surface area (Å²) in [5, 5.41) is 11.9. The van der Waals surface area contributed by atoms with Crippen LogP contribution in [0.4, 0.5) is 0 Å². The highest BCUT2D eigenvalue weighted by Gasteiger charge is 2.26. The summed E-state index contributed by atoms with van der Waals surface area (Å²) in [5.74, 6) is 0.160. The van der Waals surface area contributed by atoms with Crippen molar-refractivity contribution in [2.45, 2.75) is 39.0 Å². The van der Waals surface area contributed by atoms with Gasteiger partial charge in [0, 0.05) is 12.0 Å². The molecule has 2 rings (SSSR count). The fourth-order valence-corrected chi connectivity index (χ4v) is 4.80. The van der Waals surface area contributed by atoms with Crippen molar-refractivity contribution in [2.75, 3.05) is 18.1 Å². The molecule has 1 aromatic rings. The molecule has 1 N–H and O–H groups in total. The van der Waals surface area contributed by atoms with Crippen LogP contribution >= 0.6 is 11.3 Å². The van der Waals surface area contributed by atoms with Crippen molar-refractivity contribution >= 4 is 27.1 Å². The van der Waals surface area contributed by atoms with Gasteiger partial charge in [-0.3, -0.25) is 4.79 Å². The van der Waals surface area contributed by atoms with Crippen molar-refractivity contribution in [3.8, 4) is 0 Å². The van der Waals surface area contributed by atoms with Gasteiger partial charge in [0.25, 0.3) is 5.91 Å². The van der Waals surface area contributed by atoms with Crippen LogP contribution in [0.5, 0.6) is 0 Å². The molecule has 6 nitrogen and oxygen atoms in total. The van der Waals surface area contributed by atoms with Gasteiger partial charge >= 0.3 is 0 Å². The van der Waals surface area contributed by atoms with Crippen LogP contribution in [0.3, 0.4) is 0 Å². The molecule has 1 aliphatic heterocycles. The second kappa shape index (κ2) is 6.00. The van der Waals surface area contributed by atoms with E-state index in [4.69, 9.17) is 0 Å². The van der Waals surface area contributed by atoms with Crippen molar-refractivity contribution in [2.24, 2.45) is 5.92 Å². The average molecular weight is 331 g/mol. The summed E-state index contributed by atoms with van der Waals surface area (Å²) in [6.45, 7) is 6.43. The van der Waals surface area contributed by atoms with Crippen molar-refractivity contribution in [1.82, 2.24) is 15.5 Å². The van der Waals surface area contributed by atoms with E-state index in [9.17, 15) is 13.2 Å². The lowest BCUT2D eigenvalue weighted by molar-refractivity contribution is 0.0946. The van der Waals surface area contributed by atoms with Crippen LogP contribution in [0, 0.1) is 5.92 Å². The van der Waals surface area contributed by atoms with Crippen LogP contribution in [0.15, 0.2) is 0 Å². The quantitative estimate of drug-likeness (QED) is 0.904. The molecule has 0 spiro atoms. The van der Waals surface area contributed by atoms with Crippen LogP contribution in [0.1, 0.15) is 48.4 Å². The Balaban J connectivity index is 1.92. The van der Waals surface area contributed by atoms with Crippen molar-refractivity contribution in [1.29, 1.82) is 0 Å². The highest BCUT2D eigenvalue weighted by molar-refractivity contribution is 7.91. The maximum absolute atomic E-state index is 12.0. The lowest BCUT2D eigenvalue weighted by atomic mass is 9.98. The molecule has 0 radical (unpaired) electrons. The van der Waals surface area contributed by atoms with E-state index >= 15 is 0 Å². The van der Waals surface area contributed by atoms with Crippen molar-refractivity contribution in [3.63, 3.8) is 0 Å². The minimum Gasteiger partial charge on any atom is -0.350 e. The SMILES string of the molecule is CC(C)(C)c1nnc(C(=O)NCC2CCCS(=O)(=O)C2)s1. The Hall–Kier alpha value is -1.02. The Morgan fingerprint density at radius 2 is 2.10 bits per heavy atom. The molecule has 0 aliphatic carbocycles. The van der Waals surface area contributed by atoms with E-state index < -0.39 is 9.84 Å². The van der Waals surface area contributed by atoms with Gasteiger partial charge in [0.15, 0.2) is 9.84 Å². The van der Waals surface area contributed by atoms with E-state index in [1.807, 2.05) is 20.8 Å². The van der Waals surface area contributed by atoms with Crippen molar-refractivity contribution < 1.29 is 13.2 Å². The summed E-state index contributed by atoms with van der Waals surface area (Å²) in [7, 11) is -2.94. The largest absolute Gasteiger partial charge is 0.350 e. The molecule has 118 valence electrons. The van der Waals surface area contributed by atoms with E-state index in [0.717, 1.165) is 11.4 Å². The first kappa shape index (κ1) is 16.4. The summed E-state index contributed by atoms with van der Waals surface area (Å²) < 4.78 is 23.1. The maximum Gasteiger partial charge on any atom is 0.282 e. The minimum absolute atomic E-state index is 0.00251. The van der Waals surface area contributed by atoms with Crippen LogP contribution in [-0.4, -0.2) is 42.6 Å². The Morgan fingerprint density at radius 1 is 1.38 bits per heavy atom. The number of carbonyl (C=O) groups excluding carboxylic acids is 1. The van der Waals surface area contributed by atoms with Gasteiger partial charge in [0.05, 0.1) is 11.5 Å². The first-order valence-corrected chi connectivity index (χ1v) is 9.64. The average Bonchev–Trinajstić information content (AvgIpc) is 2.84. The van der Waals surface area contributed by atoms with Gasteiger partial charge in [-0.25, -0.2) is 8.42 Å². The number of hydrogen-bond donors (Lipinski definition) is 1. The van der Waals surface area contributed by atoms with E-state index in [1.54, 1.807) is 0 Å².